The first-order valence-corrected chi connectivity index (χ1v) is 16.2. The van der Waals surface area contributed by atoms with Crippen LogP contribution in [0.5, 0.6) is 0 Å². The fourth-order valence-electron chi connectivity index (χ4n) is 8.28. The fraction of sp³-hybridized carbons (Fsp3) is 0.500. The number of hydrogen-bond acceptors (Lipinski definition) is 7. The molecule has 1 aliphatic carbocycles. The van der Waals surface area contributed by atoms with E-state index in [0.717, 1.165) is 57.1 Å². The van der Waals surface area contributed by atoms with E-state index in [1.807, 2.05) is 6.92 Å². The molecule has 0 amide bonds. The lowest BCUT2D eigenvalue weighted by Gasteiger charge is -2.26. The van der Waals surface area contributed by atoms with Gasteiger partial charge in [0.2, 0.25) is 0 Å². The van der Waals surface area contributed by atoms with E-state index < -0.39 is 11.9 Å². The van der Waals surface area contributed by atoms with Gasteiger partial charge in [-0.3, -0.25) is 9.59 Å². The summed E-state index contributed by atoms with van der Waals surface area (Å²) in [7, 11) is 2.76. The second kappa shape index (κ2) is 11.7. The van der Waals surface area contributed by atoms with Gasteiger partial charge in [-0.05, 0) is 92.0 Å². The zero-order chi connectivity index (χ0) is 32.3. The Kier molecular flexibility index (Phi) is 8.00. The van der Waals surface area contributed by atoms with E-state index in [9.17, 15) is 14.7 Å². The summed E-state index contributed by atoms with van der Waals surface area (Å²) >= 11 is 0. The zero-order valence-corrected chi connectivity index (χ0v) is 27.6. The monoisotopic (exact) mass is 614 g/mol. The number of aromatic amines is 2. The molecule has 6 rings (SSSR count). The lowest BCUT2D eigenvalue weighted by Crippen LogP contribution is -2.38. The summed E-state index contributed by atoms with van der Waals surface area (Å²) in [4.78, 5) is 33.0. The largest absolute Gasteiger partial charge is 0.510 e. The molecular formula is C36H46N4O5. The highest BCUT2D eigenvalue weighted by Crippen LogP contribution is 2.42. The van der Waals surface area contributed by atoms with Crippen molar-refractivity contribution in [2.24, 2.45) is 23.7 Å². The minimum absolute atomic E-state index is 0.00277. The molecule has 9 heteroatoms. The van der Waals surface area contributed by atoms with E-state index in [4.69, 9.17) is 9.47 Å². The Labute approximate surface area is 263 Å². The number of fused-ring (bicyclic) bond motifs is 8. The lowest BCUT2D eigenvalue weighted by molar-refractivity contribution is -0.142. The molecule has 2 aromatic rings. The van der Waals surface area contributed by atoms with E-state index in [0.29, 0.717) is 17.6 Å². The number of aliphatic hydroxyl groups excluding tert-OH is 1. The van der Waals surface area contributed by atoms with Crippen LogP contribution in [0.1, 0.15) is 69.3 Å². The van der Waals surface area contributed by atoms with Crippen molar-refractivity contribution in [3.8, 4) is 0 Å². The Morgan fingerprint density at radius 3 is 2.40 bits per heavy atom. The van der Waals surface area contributed by atoms with Gasteiger partial charge < -0.3 is 35.2 Å². The normalized spacial score (nSPS) is 29.3. The number of ether oxygens (including phenoxy) is 2. The Morgan fingerprint density at radius 2 is 1.73 bits per heavy atom. The highest BCUT2D eigenvalue weighted by atomic mass is 16.5. The number of allylic oxidation sites excluding steroid dienone is 2. The average Bonchev–Trinajstić information content (AvgIpc) is 3.76. The van der Waals surface area contributed by atoms with E-state index in [-0.39, 0.29) is 42.1 Å². The summed E-state index contributed by atoms with van der Waals surface area (Å²) in [6.07, 6.45) is 9.35. The number of nitrogens with one attached hydrogen (secondary N) is 4. The fourth-order valence-corrected chi connectivity index (χ4v) is 8.28. The Morgan fingerprint density at radius 1 is 0.978 bits per heavy atom. The number of methoxy groups -OCH3 is 2. The van der Waals surface area contributed by atoms with Crippen molar-refractivity contribution in [2.75, 3.05) is 14.2 Å². The SMILES string of the molecule is CCc1c(C)/c2[nH]/c1=C\c1[nH]c3c(c1C)=C(O)[C@H](C(=O)OC)C=3C1N/C(=C\C3=C(C)[C@@H](CC)C(\C=2)N3)[C@@H](C)[C@@H]1CCC(=O)OC. The molecule has 0 radical (unpaired) electrons. The molecule has 2 aromatic heterocycles. The van der Waals surface area contributed by atoms with E-state index >= 15 is 0 Å². The topological polar surface area (TPSA) is 128 Å². The first-order chi connectivity index (χ1) is 21.5. The number of carbonyl (C=O) groups is 2. The van der Waals surface area contributed by atoms with Crippen molar-refractivity contribution in [3.05, 3.63) is 66.7 Å². The van der Waals surface area contributed by atoms with Crippen LogP contribution >= 0.6 is 0 Å². The first kappa shape index (κ1) is 30.9. The van der Waals surface area contributed by atoms with E-state index in [2.05, 4.69) is 73.4 Å². The molecule has 2 unspecified atom stereocenters. The van der Waals surface area contributed by atoms with Gasteiger partial charge in [0.05, 0.1) is 31.7 Å². The predicted molar refractivity (Wildman–Crippen MR) is 174 cm³/mol. The van der Waals surface area contributed by atoms with E-state index in [1.165, 1.54) is 30.9 Å². The molecule has 5 heterocycles. The smallest absolute Gasteiger partial charge is 0.320 e. The Bertz CT molecular complexity index is 1890. The van der Waals surface area contributed by atoms with Gasteiger partial charge in [0.15, 0.2) is 0 Å². The van der Waals surface area contributed by atoms with Gasteiger partial charge in [0.25, 0.3) is 0 Å². The van der Waals surface area contributed by atoms with Crippen LogP contribution in [0.4, 0.5) is 0 Å². The zero-order valence-electron chi connectivity index (χ0n) is 27.6. The van der Waals surface area contributed by atoms with Crippen molar-refractivity contribution in [1.29, 1.82) is 0 Å². The van der Waals surface area contributed by atoms with Crippen LogP contribution in [0.25, 0.3) is 23.5 Å². The third-order valence-electron chi connectivity index (χ3n) is 10.9. The maximum Gasteiger partial charge on any atom is 0.320 e. The summed E-state index contributed by atoms with van der Waals surface area (Å²) in [6.45, 7) is 12.9. The second-order valence-electron chi connectivity index (χ2n) is 13.0. The van der Waals surface area contributed by atoms with Gasteiger partial charge in [0, 0.05) is 51.3 Å². The Balaban J connectivity index is 1.67. The highest BCUT2D eigenvalue weighted by Gasteiger charge is 2.47. The maximum absolute atomic E-state index is 13.4. The van der Waals surface area contributed by atoms with Gasteiger partial charge in [-0.25, -0.2) is 0 Å². The summed E-state index contributed by atoms with van der Waals surface area (Å²) < 4.78 is 10.3. The van der Waals surface area contributed by atoms with Crippen LogP contribution in [0.2, 0.25) is 0 Å². The molecule has 9 nitrogen and oxygen atoms in total. The van der Waals surface area contributed by atoms with Gasteiger partial charge >= 0.3 is 11.9 Å². The number of H-pyrrole nitrogens is 2. The highest BCUT2D eigenvalue weighted by molar-refractivity contribution is 5.95. The first-order valence-electron chi connectivity index (χ1n) is 16.2. The molecule has 4 aliphatic rings. The quantitative estimate of drug-likeness (QED) is 0.316. The van der Waals surface area contributed by atoms with Gasteiger partial charge in [0.1, 0.15) is 11.7 Å². The standard InChI is InChI=1S/C36H46N4O5/c1-9-20-16(3)23-13-25-18(5)22(11-12-29(41)44-7)33(39-25)31-32(36(43)45-8)35(42)30-19(6)26(40-34(30)31)15-28-21(10-2)17(4)24(38-28)14-27(20)37-23/h13-15,18,20,22,27,32-33,37-40,42H,9-12H2,1-8H3/b24-14-,25-13-,28-15-/t18-,20+,22-,27?,32+,33?/m0/s1. The summed E-state index contributed by atoms with van der Waals surface area (Å²) in [5.74, 6) is -1.40. The van der Waals surface area contributed by atoms with E-state index in [1.54, 1.807) is 0 Å². The summed E-state index contributed by atoms with van der Waals surface area (Å²) in [5, 5.41) is 22.8. The molecule has 0 aromatic carbocycles. The van der Waals surface area contributed by atoms with Crippen molar-refractivity contribution >= 4 is 35.4 Å². The maximum atomic E-state index is 13.4. The van der Waals surface area contributed by atoms with Crippen LogP contribution in [-0.4, -0.2) is 53.3 Å². The van der Waals surface area contributed by atoms with Crippen LogP contribution in [0, 0.1) is 37.5 Å². The molecule has 6 atom stereocenters. The molecule has 0 spiro atoms. The van der Waals surface area contributed by atoms with Gasteiger partial charge in [-0.15, -0.1) is 0 Å². The number of esters is 2. The van der Waals surface area contributed by atoms with Crippen LogP contribution < -0.4 is 31.9 Å². The molecule has 8 bridgehead atoms. The molecule has 0 saturated carbocycles. The number of aliphatic hydroxyl groups is 1. The average molecular weight is 615 g/mol. The lowest BCUT2D eigenvalue weighted by atomic mass is 9.80. The van der Waals surface area contributed by atoms with Crippen molar-refractivity contribution < 1.29 is 24.2 Å². The minimum Gasteiger partial charge on any atom is -0.510 e. The van der Waals surface area contributed by atoms with Crippen molar-refractivity contribution in [1.82, 2.24) is 20.6 Å². The number of hydrogen-bond donors (Lipinski definition) is 5. The van der Waals surface area contributed by atoms with Crippen molar-refractivity contribution in [2.45, 2.75) is 79.3 Å². The Hall–Kier alpha value is -4.14. The third kappa shape index (κ3) is 4.82. The molecule has 1 fully saturated rings. The third-order valence-corrected chi connectivity index (χ3v) is 10.9. The minimum atomic E-state index is -0.952. The van der Waals surface area contributed by atoms with Crippen LogP contribution in [0.15, 0.2) is 23.0 Å². The molecule has 5 N–H and O–H groups in total. The molecule has 1 saturated heterocycles. The summed E-state index contributed by atoms with van der Waals surface area (Å²) in [6, 6.07) is -0.201. The molecule has 240 valence electrons. The van der Waals surface area contributed by atoms with Crippen molar-refractivity contribution in [3.63, 3.8) is 0 Å². The second-order valence-corrected chi connectivity index (χ2v) is 13.0. The number of aromatic nitrogens is 2. The number of rotatable bonds is 6. The molecule has 45 heavy (non-hydrogen) atoms. The predicted octanol–water partition coefficient (Wildman–Crippen LogP) is 2.10. The molecular weight excluding hydrogens is 568 g/mol. The number of carbonyl (C=O) groups excluding carboxylic acids is 2. The summed E-state index contributed by atoms with van der Waals surface area (Å²) in [5.41, 5.74) is 8.42. The van der Waals surface area contributed by atoms with Gasteiger partial charge in [-0.2, -0.15) is 0 Å². The molecule has 3 aliphatic heterocycles. The van der Waals surface area contributed by atoms with Crippen LogP contribution in [-0.2, 0) is 25.5 Å². The van der Waals surface area contributed by atoms with Crippen LogP contribution in [0.3, 0.4) is 0 Å². The van der Waals surface area contributed by atoms with Gasteiger partial charge in [-0.1, -0.05) is 20.8 Å².